The summed E-state index contributed by atoms with van der Waals surface area (Å²) in [4.78, 5) is 5.41. The highest BCUT2D eigenvalue weighted by molar-refractivity contribution is 6.92. The summed E-state index contributed by atoms with van der Waals surface area (Å²) in [6, 6.07) is 44.7. The molecule has 0 saturated carbocycles. The number of hydrogen-bond acceptors (Lipinski definition) is 1. The van der Waals surface area contributed by atoms with Gasteiger partial charge in [0.1, 0.15) is 5.82 Å². The first-order chi connectivity index (χ1) is 26.2. The van der Waals surface area contributed by atoms with Gasteiger partial charge in [-0.05, 0) is 110 Å². The second kappa shape index (κ2) is 13.3. The topological polar surface area (TPSA) is 12.9 Å². The molecule has 9 rings (SSSR count). The monoisotopic (exact) mass is 699 g/mol. The second-order valence-electron chi connectivity index (χ2n) is 15.6. The van der Waals surface area contributed by atoms with E-state index in [-0.39, 0.29) is 12.5 Å². The molecule has 0 saturated heterocycles. The van der Waals surface area contributed by atoms with Crippen LogP contribution >= 0.6 is 0 Å². The summed E-state index contributed by atoms with van der Waals surface area (Å²) in [5, 5.41) is 8.13. The molecular weight excluding hydrogens is 656 g/mol. The normalized spacial score (nSPS) is 14.7. The van der Waals surface area contributed by atoms with Crippen LogP contribution in [0.5, 0.6) is 0 Å². The fourth-order valence-corrected chi connectivity index (χ4v) is 9.65. The molecule has 0 radical (unpaired) electrons. The number of hydrogen-bond donors (Lipinski definition) is 0. The van der Waals surface area contributed by atoms with Gasteiger partial charge >= 0.3 is 0 Å². The molecule has 1 heterocycles. The lowest BCUT2D eigenvalue weighted by atomic mass is 9.33. The molecule has 0 bridgehead atoms. The molecule has 0 amide bonds. The molecule has 7 aromatic carbocycles. The van der Waals surface area contributed by atoms with E-state index < -0.39 is 0 Å². The zero-order chi connectivity index (χ0) is 37.2. The first-order valence-electron chi connectivity index (χ1n) is 19.2. The number of nitrogens with zero attached hydrogens (tertiary/aromatic N) is 1. The Morgan fingerprint density at radius 1 is 0.593 bits per heavy atom. The third-order valence-corrected chi connectivity index (χ3v) is 11.7. The molecule has 1 aliphatic carbocycles. The van der Waals surface area contributed by atoms with E-state index in [4.69, 9.17) is 4.98 Å². The Labute approximate surface area is 318 Å². The third-order valence-electron chi connectivity index (χ3n) is 11.7. The fraction of sp³-hybridized carbons (Fsp3) is 0.157. The quantitative estimate of drug-likeness (QED) is 0.129. The Kier molecular flexibility index (Phi) is 8.34. The molecule has 0 aliphatic heterocycles. The Hall–Kier alpha value is -5.80. The van der Waals surface area contributed by atoms with Crippen LogP contribution in [0.2, 0.25) is 0 Å². The SMILES string of the molecule is CC1=CC(C)CC(C)=C1B(c1ccc(-c2ccc3c(c2)nc(-c2ccc(F)cc2)c2c4ccccc4c4ccccc4c32)cc1)c1c(C)cc(C)cc1C. The van der Waals surface area contributed by atoms with Crippen molar-refractivity contribution in [2.24, 2.45) is 5.92 Å². The molecule has 1 nitrogen and oxygen atoms in total. The van der Waals surface area contributed by atoms with Crippen LogP contribution in [-0.2, 0) is 0 Å². The molecule has 3 heteroatoms. The van der Waals surface area contributed by atoms with Crippen LogP contribution in [0.25, 0.3) is 65.6 Å². The molecule has 0 fully saturated rings. The van der Waals surface area contributed by atoms with E-state index in [0.29, 0.717) is 5.92 Å². The van der Waals surface area contributed by atoms with Crippen molar-refractivity contribution in [3.8, 4) is 22.4 Å². The Morgan fingerprint density at radius 3 is 1.80 bits per heavy atom. The van der Waals surface area contributed by atoms with Crippen molar-refractivity contribution >= 4 is 60.9 Å². The van der Waals surface area contributed by atoms with E-state index in [1.807, 2.05) is 12.1 Å². The average molecular weight is 700 g/mol. The predicted octanol–water partition coefficient (Wildman–Crippen LogP) is 12.5. The highest BCUT2D eigenvalue weighted by atomic mass is 19.1. The van der Waals surface area contributed by atoms with Gasteiger partial charge < -0.3 is 0 Å². The molecule has 262 valence electrons. The number of pyridine rings is 1. The van der Waals surface area contributed by atoms with Gasteiger partial charge in [0.25, 0.3) is 0 Å². The maximum atomic E-state index is 14.2. The maximum absolute atomic E-state index is 14.2. The van der Waals surface area contributed by atoms with Gasteiger partial charge in [-0.25, -0.2) is 9.37 Å². The lowest BCUT2D eigenvalue weighted by Gasteiger charge is -2.29. The molecule has 54 heavy (non-hydrogen) atoms. The van der Waals surface area contributed by atoms with Crippen molar-refractivity contribution in [2.45, 2.75) is 48.0 Å². The van der Waals surface area contributed by atoms with Crippen LogP contribution < -0.4 is 10.9 Å². The van der Waals surface area contributed by atoms with Crippen LogP contribution in [0.4, 0.5) is 4.39 Å². The number of allylic oxidation sites excluding steroid dienone is 4. The first kappa shape index (κ1) is 34.0. The molecule has 1 aliphatic rings. The van der Waals surface area contributed by atoms with Crippen LogP contribution in [0, 0.1) is 32.5 Å². The smallest absolute Gasteiger partial charge is 0.242 e. The van der Waals surface area contributed by atoms with Crippen molar-refractivity contribution in [3.63, 3.8) is 0 Å². The standard InChI is InChI=1S/C51H43BFN/c1-30-25-32(3)49(33(4)26-30)52(50-34(5)27-31(2)28-35(50)6)39-20-15-36(16-21-39)38-19-24-45-46(29-38)54-51(37-17-22-40(53)23-18-37)48-44-14-10-8-12-42(44)41-11-7-9-13-43(41)47(45)48/h7-27,29,31H,28H2,1-6H3. The number of benzene rings is 7. The van der Waals surface area contributed by atoms with Crippen molar-refractivity contribution < 1.29 is 4.39 Å². The molecule has 1 unspecified atom stereocenters. The van der Waals surface area contributed by atoms with E-state index in [1.165, 1.54) is 77.9 Å². The lowest BCUT2D eigenvalue weighted by molar-refractivity contribution is 0.628. The second-order valence-corrected chi connectivity index (χ2v) is 15.6. The van der Waals surface area contributed by atoms with Gasteiger partial charge in [-0.2, -0.15) is 0 Å². The number of halogens is 1. The van der Waals surface area contributed by atoms with Crippen molar-refractivity contribution in [3.05, 3.63) is 173 Å². The molecule has 0 spiro atoms. The molecule has 0 N–H and O–H groups in total. The zero-order valence-corrected chi connectivity index (χ0v) is 31.9. The van der Waals surface area contributed by atoms with E-state index >= 15 is 0 Å². The highest BCUT2D eigenvalue weighted by Crippen LogP contribution is 2.43. The van der Waals surface area contributed by atoms with Gasteiger partial charge in [0.05, 0.1) is 11.2 Å². The third kappa shape index (κ3) is 5.66. The van der Waals surface area contributed by atoms with Gasteiger partial charge in [-0.1, -0.05) is 154 Å². The van der Waals surface area contributed by atoms with Crippen LogP contribution in [-0.4, -0.2) is 11.7 Å². The summed E-state index contributed by atoms with van der Waals surface area (Å²) in [6.45, 7) is 13.9. The predicted molar refractivity (Wildman–Crippen MR) is 231 cm³/mol. The lowest BCUT2D eigenvalue weighted by Crippen LogP contribution is -2.48. The van der Waals surface area contributed by atoms with E-state index in [1.54, 1.807) is 0 Å². The van der Waals surface area contributed by atoms with Gasteiger partial charge in [0.15, 0.2) is 0 Å². The Balaban J connectivity index is 1.24. The number of aryl methyl sites for hydroxylation is 3. The summed E-state index contributed by atoms with van der Waals surface area (Å²) in [7, 11) is 0. The summed E-state index contributed by atoms with van der Waals surface area (Å²) in [6.07, 6.45) is 3.55. The summed E-state index contributed by atoms with van der Waals surface area (Å²) < 4.78 is 14.2. The summed E-state index contributed by atoms with van der Waals surface area (Å²) in [5.74, 6) is 0.298. The number of rotatable bonds is 5. The average Bonchev–Trinajstić information content (AvgIpc) is 3.16. The van der Waals surface area contributed by atoms with Gasteiger partial charge in [0.2, 0.25) is 6.71 Å². The van der Waals surface area contributed by atoms with Crippen LogP contribution in [0.15, 0.2) is 150 Å². The maximum Gasteiger partial charge on any atom is 0.242 e. The Morgan fingerprint density at radius 2 is 1.17 bits per heavy atom. The minimum absolute atomic E-state index is 0.161. The van der Waals surface area contributed by atoms with Crippen LogP contribution in [0.1, 0.15) is 43.9 Å². The van der Waals surface area contributed by atoms with Gasteiger partial charge in [-0.15, -0.1) is 0 Å². The fourth-order valence-electron chi connectivity index (χ4n) is 9.65. The molecule has 1 atom stereocenters. The minimum Gasteiger partial charge on any atom is -0.247 e. The number of fused-ring (bicyclic) bond motifs is 8. The van der Waals surface area contributed by atoms with E-state index in [2.05, 4.69) is 151 Å². The largest absolute Gasteiger partial charge is 0.247 e. The van der Waals surface area contributed by atoms with E-state index in [9.17, 15) is 4.39 Å². The van der Waals surface area contributed by atoms with E-state index in [0.717, 1.165) is 50.5 Å². The minimum atomic E-state index is -0.254. The summed E-state index contributed by atoms with van der Waals surface area (Å²) in [5.41, 5.74) is 16.0. The summed E-state index contributed by atoms with van der Waals surface area (Å²) >= 11 is 0. The molecular formula is C51H43BFN. The number of aromatic nitrogens is 1. The first-order valence-corrected chi connectivity index (χ1v) is 19.2. The molecule has 1 aromatic heterocycles. The van der Waals surface area contributed by atoms with Crippen LogP contribution in [0.3, 0.4) is 0 Å². The van der Waals surface area contributed by atoms with Crippen molar-refractivity contribution in [1.29, 1.82) is 0 Å². The van der Waals surface area contributed by atoms with Crippen molar-refractivity contribution in [1.82, 2.24) is 4.98 Å². The van der Waals surface area contributed by atoms with Gasteiger partial charge in [0, 0.05) is 21.7 Å². The zero-order valence-electron chi connectivity index (χ0n) is 31.9. The highest BCUT2D eigenvalue weighted by Gasteiger charge is 2.31. The Bertz CT molecular complexity index is 2840. The molecule has 8 aromatic rings. The van der Waals surface area contributed by atoms with Crippen molar-refractivity contribution in [2.75, 3.05) is 0 Å². The van der Waals surface area contributed by atoms with Gasteiger partial charge in [-0.3, -0.25) is 0 Å².